The number of nitrogens with one attached hydrogen (secondary N) is 2. The normalized spacial score (nSPS) is 12.6. The van der Waals surface area contributed by atoms with Crippen LogP contribution < -0.4 is 10.0 Å². The lowest BCUT2D eigenvalue weighted by molar-refractivity contribution is 0.0941. The molecule has 2 heterocycles. The van der Waals surface area contributed by atoms with Gasteiger partial charge in [-0.25, -0.2) is 13.1 Å². The molecule has 0 aliphatic rings. The highest BCUT2D eigenvalue weighted by Gasteiger charge is 2.27. The zero-order valence-corrected chi connectivity index (χ0v) is 16.8. The Morgan fingerprint density at radius 1 is 1.26 bits per heavy atom. The summed E-state index contributed by atoms with van der Waals surface area (Å²) in [4.78, 5) is 12.5. The maximum absolute atomic E-state index is 12.7. The summed E-state index contributed by atoms with van der Waals surface area (Å²) in [7, 11) is -4.07. The summed E-state index contributed by atoms with van der Waals surface area (Å²) in [6.07, 6.45) is 0. The zero-order chi connectivity index (χ0) is 19.6. The summed E-state index contributed by atoms with van der Waals surface area (Å²) in [6, 6.07) is 10.4. The number of nitrogens with zero attached hydrogens (tertiary/aromatic N) is 1. The SMILES string of the molecule is Cc1noc(NS(=O)(=O)c2ccsc2C(=O)N[C@H](C)c2ccccc2)c1Cl. The molecule has 142 valence electrons. The largest absolute Gasteiger partial charge is 0.345 e. The first-order chi connectivity index (χ1) is 12.8. The van der Waals surface area contributed by atoms with Crippen LogP contribution in [0.3, 0.4) is 0 Å². The fraction of sp³-hybridized carbons (Fsp3) is 0.176. The van der Waals surface area contributed by atoms with Gasteiger partial charge in [-0.3, -0.25) is 4.79 Å². The molecule has 2 aromatic heterocycles. The van der Waals surface area contributed by atoms with Crippen LogP contribution in [0.5, 0.6) is 0 Å². The van der Waals surface area contributed by atoms with E-state index in [1.54, 1.807) is 6.92 Å². The number of carbonyl (C=O) groups excluding carboxylic acids is 1. The average Bonchev–Trinajstić information content (AvgIpc) is 3.26. The van der Waals surface area contributed by atoms with Crippen LogP contribution in [0.15, 0.2) is 51.2 Å². The van der Waals surface area contributed by atoms with Gasteiger partial charge in [0.05, 0.1) is 6.04 Å². The van der Waals surface area contributed by atoms with Gasteiger partial charge in [0.15, 0.2) is 0 Å². The smallest absolute Gasteiger partial charge is 0.265 e. The Kier molecular flexibility index (Phi) is 5.54. The fourth-order valence-corrected chi connectivity index (χ4v) is 4.86. The van der Waals surface area contributed by atoms with Crippen molar-refractivity contribution in [3.05, 3.63) is 62.9 Å². The topological polar surface area (TPSA) is 101 Å². The monoisotopic (exact) mass is 425 g/mol. The van der Waals surface area contributed by atoms with Crippen molar-refractivity contribution in [2.45, 2.75) is 24.8 Å². The standard InChI is InChI=1S/C17H16ClN3O4S2/c1-10(12-6-4-3-5-7-12)19-16(22)15-13(8-9-26-15)27(23,24)21-17-14(18)11(2)20-25-17/h3-10,21H,1-2H3,(H,19,22)/t10-/m1/s1. The second kappa shape index (κ2) is 7.71. The van der Waals surface area contributed by atoms with Gasteiger partial charge in [0.1, 0.15) is 20.5 Å². The molecule has 3 aromatic rings. The molecule has 0 bridgehead atoms. The third kappa shape index (κ3) is 4.15. The van der Waals surface area contributed by atoms with E-state index in [1.165, 1.54) is 11.4 Å². The summed E-state index contributed by atoms with van der Waals surface area (Å²) in [5, 5.41) is 8.01. The third-order valence-electron chi connectivity index (χ3n) is 3.79. The number of thiophene rings is 1. The van der Waals surface area contributed by atoms with Gasteiger partial charge in [-0.05, 0) is 30.9 Å². The van der Waals surface area contributed by atoms with Crippen molar-refractivity contribution in [3.8, 4) is 0 Å². The number of amides is 1. The maximum Gasteiger partial charge on any atom is 0.265 e. The predicted molar refractivity (Wildman–Crippen MR) is 104 cm³/mol. The minimum atomic E-state index is -4.07. The van der Waals surface area contributed by atoms with Gasteiger partial charge in [-0.2, -0.15) is 0 Å². The molecular weight excluding hydrogens is 410 g/mol. The number of sulfonamides is 1. The first-order valence-corrected chi connectivity index (χ1v) is 10.6. The highest BCUT2D eigenvalue weighted by atomic mass is 35.5. The molecule has 3 rings (SSSR count). The third-order valence-corrected chi connectivity index (χ3v) is 6.65. The molecule has 0 radical (unpaired) electrons. The number of rotatable bonds is 6. The molecule has 0 aliphatic heterocycles. The second-order valence-electron chi connectivity index (χ2n) is 5.74. The van der Waals surface area contributed by atoms with E-state index < -0.39 is 15.9 Å². The Morgan fingerprint density at radius 3 is 2.59 bits per heavy atom. The Labute approximate surface area is 165 Å². The van der Waals surface area contributed by atoms with E-state index in [4.69, 9.17) is 16.1 Å². The van der Waals surface area contributed by atoms with Gasteiger partial charge in [-0.15, -0.1) is 11.3 Å². The summed E-state index contributed by atoms with van der Waals surface area (Å²) in [5.41, 5.74) is 1.27. The molecule has 0 unspecified atom stereocenters. The van der Waals surface area contributed by atoms with Crippen molar-refractivity contribution >= 4 is 44.8 Å². The van der Waals surface area contributed by atoms with Crippen molar-refractivity contribution in [3.63, 3.8) is 0 Å². The summed E-state index contributed by atoms with van der Waals surface area (Å²) >= 11 is 6.99. The minimum Gasteiger partial charge on any atom is -0.345 e. The molecular formula is C17H16ClN3O4S2. The van der Waals surface area contributed by atoms with E-state index in [9.17, 15) is 13.2 Å². The Hall–Kier alpha value is -2.36. The average molecular weight is 426 g/mol. The van der Waals surface area contributed by atoms with Gasteiger partial charge in [0.25, 0.3) is 21.8 Å². The molecule has 0 spiro atoms. The van der Waals surface area contributed by atoms with Crippen molar-refractivity contribution < 1.29 is 17.7 Å². The quantitative estimate of drug-likeness (QED) is 0.621. The van der Waals surface area contributed by atoms with Crippen molar-refractivity contribution in [1.29, 1.82) is 0 Å². The molecule has 1 atom stereocenters. The molecule has 27 heavy (non-hydrogen) atoms. The van der Waals surface area contributed by atoms with Gasteiger partial charge >= 0.3 is 0 Å². The highest BCUT2D eigenvalue weighted by Crippen LogP contribution is 2.30. The van der Waals surface area contributed by atoms with Gasteiger partial charge in [-0.1, -0.05) is 47.1 Å². The number of carbonyl (C=O) groups is 1. The number of anilines is 1. The molecule has 0 fully saturated rings. The number of aromatic nitrogens is 1. The predicted octanol–water partition coefficient (Wildman–Crippen LogP) is 3.99. The van der Waals surface area contributed by atoms with E-state index in [2.05, 4.69) is 15.2 Å². The zero-order valence-electron chi connectivity index (χ0n) is 14.4. The van der Waals surface area contributed by atoms with Crippen molar-refractivity contribution in [2.75, 3.05) is 4.72 Å². The number of halogens is 1. The van der Waals surface area contributed by atoms with Crippen LogP contribution in [-0.4, -0.2) is 19.5 Å². The second-order valence-corrected chi connectivity index (χ2v) is 8.68. The summed E-state index contributed by atoms with van der Waals surface area (Å²) < 4.78 is 32.5. The Bertz CT molecular complexity index is 1060. The fourth-order valence-electron chi connectivity index (χ4n) is 2.36. The van der Waals surface area contributed by atoms with E-state index in [0.717, 1.165) is 16.9 Å². The lowest BCUT2D eigenvalue weighted by atomic mass is 10.1. The lowest BCUT2D eigenvalue weighted by Crippen LogP contribution is -2.27. The van der Waals surface area contributed by atoms with Crippen LogP contribution in [0.1, 0.15) is 33.9 Å². The molecule has 0 aliphatic carbocycles. The molecule has 7 nitrogen and oxygen atoms in total. The van der Waals surface area contributed by atoms with E-state index in [0.29, 0.717) is 5.69 Å². The minimum absolute atomic E-state index is 0.0671. The van der Waals surface area contributed by atoms with Crippen LogP contribution in [0.25, 0.3) is 0 Å². The molecule has 10 heteroatoms. The van der Waals surface area contributed by atoms with Gasteiger partial charge in [0, 0.05) is 0 Å². The lowest BCUT2D eigenvalue weighted by Gasteiger charge is -2.14. The maximum atomic E-state index is 12.7. The highest BCUT2D eigenvalue weighted by molar-refractivity contribution is 7.93. The van der Waals surface area contributed by atoms with Crippen LogP contribution in [0, 0.1) is 6.92 Å². The first kappa shape index (κ1) is 19.4. The summed E-state index contributed by atoms with van der Waals surface area (Å²) in [5.74, 6) is -0.675. The number of hydrogen-bond donors (Lipinski definition) is 2. The van der Waals surface area contributed by atoms with E-state index in [1.807, 2.05) is 37.3 Å². The molecule has 1 aromatic carbocycles. The van der Waals surface area contributed by atoms with Crippen LogP contribution in [-0.2, 0) is 10.0 Å². The van der Waals surface area contributed by atoms with E-state index in [-0.39, 0.29) is 26.7 Å². The first-order valence-electron chi connectivity index (χ1n) is 7.87. The summed E-state index contributed by atoms with van der Waals surface area (Å²) in [6.45, 7) is 3.41. The number of benzene rings is 1. The Balaban J connectivity index is 1.82. The van der Waals surface area contributed by atoms with Crippen molar-refractivity contribution in [2.24, 2.45) is 0 Å². The van der Waals surface area contributed by atoms with Gasteiger partial charge in [0.2, 0.25) is 0 Å². The van der Waals surface area contributed by atoms with Crippen LogP contribution in [0.2, 0.25) is 5.02 Å². The molecule has 0 saturated carbocycles. The van der Waals surface area contributed by atoms with Gasteiger partial charge < -0.3 is 9.84 Å². The van der Waals surface area contributed by atoms with Crippen LogP contribution >= 0.6 is 22.9 Å². The molecule has 2 N–H and O–H groups in total. The molecule has 1 amide bonds. The van der Waals surface area contributed by atoms with Crippen LogP contribution in [0.4, 0.5) is 5.88 Å². The van der Waals surface area contributed by atoms with Crippen molar-refractivity contribution in [1.82, 2.24) is 10.5 Å². The molecule has 0 saturated heterocycles. The number of aryl methyl sites for hydroxylation is 1. The van der Waals surface area contributed by atoms with E-state index >= 15 is 0 Å². The Morgan fingerprint density at radius 2 is 1.96 bits per heavy atom. The number of hydrogen-bond acceptors (Lipinski definition) is 6.